The van der Waals surface area contributed by atoms with Crippen LogP contribution in [0.1, 0.15) is 72.1 Å². The predicted molar refractivity (Wildman–Crippen MR) is 123 cm³/mol. The summed E-state index contributed by atoms with van der Waals surface area (Å²) in [5.41, 5.74) is 1.88. The first kappa shape index (κ1) is 24.2. The smallest absolute Gasteiger partial charge is 0.137 e. The third-order valence-electron chi connectivity index (χ3n) is 5.06. The van der Waals surface area contributed by atoms with Gasteiger partial charge in [0.1, 0.15) is 24.3 Å². The first-order valence-electron chi connectivity index (χ1n) is 11.5. The van der Waals surface area contributed by atoms with E-state index in [9.17, 15) is 4.39 Å². The van der Waals surface area contributed by atoms with Gasteiger partial charge in [-0.3, -0.25) is 4.98 Å². The van der Waals surface area contributed by atoms with Gasteiger partial charge in [-0.1, -0.05) is 59.3 Å². The molecule has 0 aliphatic rings. The molecule has 0 radical (unpaired) electrons. The van der Waals surface area contributed by atoms with Crippen molar-refractivity contribution in [3.8, 4) is 22.8 Å². The van der Waals surface area contributed by atoms with Crippen LogP contribution in [0.5, 0.6) is 11.5 Å². The first-order valence-corrected chi connectivity index (χ1v) is 11.5. The van der Waals surface area contributed by atoms with Crippen LogP contribution in [-0.2, 0) is 0 Å². The molecule has 1 heterocycles. The van der Waals surface area contributed by atoms with Crippen LogP contribution in [0.2, 0.25) is 0 Å². The number of halogens is 1. The summed E-state index contributed by atoms with van der Waals surface area (Å²) in [6.07, 6.45) is 10.2. The van der Waals surface area contributed by atoms with E-state index in [1.165, 1.54) is 38.5 Å². The van der Waals surface area contributed by atoms with Crippen LogP contribution in [0.3, 0.4) is 0 Å². The molecular formula is C26H38FNO2. The van der Waals surface area contributed by atoms with Crippen LogP contribution in [-0.4, -0.2) is 24.4 Å². The molecule has 2 rings (SSSR count). The minimum absolute atomic E-state index is 0.0734. The van der Waals surface area contributed by atoms with E-state index < -0.39 is 6.17 Å². The maximum atomic E-state index is 13.8. The largest absolute Gasteiger partial charge is 0.494 e. The lowest BCUT2D eigenvalue weighted by Crippen LogP contribution is -2.15. The SMILES string of the molecule is CCCCCCCCCOc1ccc(-c2ccc(OCC(F)CC(C)C)cn2)cc1. The number of rotatable bonds is 15. The number of ether oxygens (including phenoxy) is 2. The molecule has 166 valence electrons. The topological polar surface area (TPSA) is 31.4 Å². The zero-order valence-corrected chi connectivity index (χ0v) is 18.9. The third-order valence-corrected chi connectivity index (χ3v) is 5.06. The molecule has 0 spiro atoms. The van der Waals surface area contributed by atoms with Crippen LogP contribution in [0.25, 0.3) is 11.3 Å². The summed E-state index contributed by atoms with van der Waals surface area (Å²) in [5, 5.41) is 0. The number of alkyl halides is 1. The Hall–Kier alpha value is -2.10. The second-order valence-corrected chi connectivity index (χ2v) is 8.41. The number of hydrogen-bond donors (Lipinski definition) is 0. The van der Waals surface area contributed by atoms with E-state index in [1.54, 1.807) is 6.20 Å². The Bertz CT molecular complexity index is 685. The summed E-state index contributed by atoms with van der Waals surface area (Å²) in [6.45, 7) is 7.11. The Labute approximate surface area is 182 Å². The van der Waals surface area contributed by atoms with Crippen LogP contribution in [0.15, 0.2) is 42.6 Å². The van der Waals surface area contributed by atoms with Crippen molar-refractivity contribution >= 4 is 0 Å². The van der Waals surface area contributed by atoms with Crippen molar-refractivity contribution in [3.05, 3.63) is 42.6 Å². The van der Waals surface area contributed by atoms with Crippen molar-refractivity contribution in [1.29, 1.82) is 0 Å². The van der Waals surface area contributed by atoms with E-state index in [1.807, 2.05) is 50.2 Å². The van der Waals surface area contributed by atoms with E-state index in [2.05, 4.69) is 11.9 Å². The lowest BCUT2D eigenvalue weighted by molar-refractivity contribution is 0.173. The van der Waals surface area contributed by atoms with Crippen molar-refractivity contribution in [2.75, 3.05) is 13.2 Å². The number of hydrogen-bond acceptors (Lipinski definition) is 3. The van der Waals surface area contributed by atoms with E-state index in [4.69, 9.17) is 9.47 Å². The van der Waals surface area contributed by atoms with Gasteiger partial charge in [0.15, 0.2) is 0 Å². The number of benzene rings is 1. The number of pyridine rings is 1. The fourth-order valence-corrected chi connectivity index (χ4v) is 3.37. The van der Waals surface area contributed by atoms with E-state index in [-0.39, 0.29) is 6.61 Å². The summed E-state index contributed by atoms with van der Waals surface area (Å²) >= 11 is 0. The van der Waals surface area contributed by atoms with Gasteiger partial charge in [-0.25, -0.2) is 4.39 Å². The average Bonchev–Trinajstić information content (AvgIpc) is 2.74. The molecule has 0 saturated carbocycles. The van der Waals surface area contributed by atoms with E-state index >= 15 is 0 Å². The minimum Gasteiger partial charge on any atom is -0.494 e. The Balaban J connectivity index is 1.71. The highest BCUT2D eigenvalue weighted by atomic mass is 19.1. The van der Waals surface area contributed by atoms with Gasteiger partial charge in [0, 0.05) is 5.56 Å². The summed E-state index contributed by atoms with van der Waals surface area (Å²) in [6, 6.07) is 11.8. The molecule has 0 aliphatic heterocycles. The summed E-state index contributed by atoms with van der Waals surface area (Å²) in [5.74, 6) is 1.82. The highest BCUT2D eigenvalue weighted by Gasteiger charge is 2.10. The molecule has 3 nitrogen and oxygen atoms in total. The van der Waals surface area contributed by atoms with Gasteiger partial charge < -0.3 is 9.47 Å². The maximum absolute atomic E-state index is 13.8. The predicted octanol–water partition coefficient (Wildman–Crippen LogP) is 7.64. The second-order valence-electron chi connectivity index (χ2n) is 8.41. The molecule has 0 saturated heterocycles. The fourth-order valence-electron chi connectivity index (χ4n) is 3.37. The van der Waals surface area contributed by atoms with Gasteiger partial charge in [0.2, 0.25) is 0 Å². The maximum Gasteiger partial charge on any atom is 0.137 e. The number of aromatic nitrogens is 1. The molecular weight excluding hydrogens is 377 g/mol. The van der Waals surface area contributed by atoms with Crippen LogP contribution in [0.4, 0.5) is 4.39 Å². The third kappa shape index (κ3) is 9.60. The highest BCUT2D eigenvalue weighted by Crippen LogP contribution is 2.23. The lowest BCUT2D eigenvalue weighted by Gasteiger charge is -2.12. The van der Waals surface area contributed by atoms with E-state index in [0.717, 1.165) is 30.0 Å². The first-order chi connectivity index (χ1) is 14.6. The molecule has 30 heavy (non-hydrogen) atoms. The van der Waals surface area contributed by atoms with E-state index in [0.29, 0.717) is 18.1 Å². The van der Waals surface area contributed by atoms with Crippen LogP contribution in [0, 0.1) is 5.92 Å². The van der Waals surface area contributed by atoms with Crippen molar-refractivity contribution < 1.29 is 13.9 Å². The Morgan fingerprint density at radius 2 is 1.50 bits per heavy atom. The normalized spacial score (nSPS) is 12.2. The molecule has 4 heteroatoms. The van der Waals surface area contributed by atoms with Gasteiger partial charge in [0.25, 0.3) is 0 Å². The molecule has 1 aromatic heterocycles. The molecule has 1 aromatic carbocycles. The van der Waals surface area contributed by atoms with Gasteiger partial charge in [-0.2, -0.15) is 0 Å². The number of unbranched alkanes of at least 4 members (excludes halogenated alkanes) is 6. The monoisotopic (exact) mass is 415 g/mol. The highest BCUT2D eigenvalue weighted by molar-refractivity contribution is 5.60. The van der Waals surface area contributed by atoms with Crippen molar-refractivity contribution in [2.24, 2.45) is 5.92 Å². The molecule has 0 N–H and O–H groups in total. The molecule has 0 aliphatic carbocycles. The Morgan fingerprint density at radius 1 is 0.833 bits per heavy atom. The quantitative estimate of drug-likeness (QED) is 0.280. The second kappa shape index (κ2) is 14.0. The molecule has 2 aromatic rings. The van der Waals surface area contributed by atoms with Gasteiger partial charge in [-0.05, 0) is 55.2 Å². The molecule has 0 amide bonds. The summed E-state index contributed by atoms with van der Waals surface area (Å²) in [7, 11) is 0. The summed E-state index contributed by atoms with van der Waals surface area (Å²) < 4.78 is 25.1. The lowest BCUT2D eigenvalue weighted by atomic mass is 10.1. The molecule has 0 bridgehead atoms. The minimum atomic E-state index is -0.946. The molecule has 1 unspecified atom stereocenters. The zero-order valence-electron chi connectivity index (χ0n) is 18.9. The summed E-state index contributed by atoms with van der Waals surface area (Å²) in [4.78, 5) is 4.45. The van der Waals surface area contributed by atoms with Crippen molar-refractivity contribution in [2.45, 2.75) is 78.3 Å². The van der Waals surface area contributed by atoms with Crippen LogP contribution < -0.4 is 9.47 Å². The molecule has 0 fully saturated rings. The Kier molecular flexibility index (Phi) is 11.3. The standard InChI is InChI=1S/C26H38FNO2/c1-4-5-6-7-8-9-10-17-29-24-13-11-22(12-14-24)26-16-15-25(19-28-26)30-20-23(27)18-21(2)3/h11-16,19,21,23H,4-10,17-18,20H2,1-3H3. The zero-order chi connectivity index (χ0) is 21.6. The average molecular weight is 416 g/mol. The van der Waals surface area contributed by atoms with Crippen LogP contribution >= 0.6 is 0 Å². The molecule has 1 atom stereocenters. The Morgan fingerprint density at radius 3 is 2.13 bits per heavy atom. The fraction of sp³-hybridized carbons (Fsp3) is 0.577. The van der Waals surface area contributed by atoms with Gasteiger partial charge >= 0.3 is 0 Å². The van der Waals surface area contributed by atoms with Crippen molar-refractivity contribution in [1.82, 2.24) is 4.98 Å². The van der Waals surface area contributed by atoms with Gasteiger partial charge in [0.05, 0.1) is 18.5 Å². The van der Waals surface area contributed by atoms with Crippen molar-refractivity contribution in [3.63, 3.8) is 0 Å². The van der Waals surface area contributed by atoms with Gasteiger partial charge in [-0.15, -0.1) is 0 Å². The number of nitrogens with zero attached hydrogens (tertiary/aromatic N) is 1.